The maximum atomic E-state index is 14.2. The average Bonchev–Trinajstić information content (AvgIpc) is 2.62. The predicted molar refractivity (Wildman–Crippen MR) is 93.7 cm³/mol. The molecular weight excluding hydrogens is 362 g/mol. The van der Waals surface area contributed by atoms with E-state index >= 15 is 0 Å². The second kappa shape index (κ2) is 7.22. The fourth-order valence-electron chi connectivity index (χ4n) is 2.65. The number of hydrogen-bond donors (Lipinski definition) is 2. The Morgan fingerprint density at radius 3 is 2.41 bits per heavy atom. The van der Waals surface area contributed by atoms with E-state index in [4.69, 9.17) is 0 Å². The lowest BCUT2D eigenvalue weighted by Gasteiger charge is -2.12. The van der Waals surface area contributed by atoms with E-state index in [2.05, 4.69) is 15.6 Å². The van der Waals surface area contributed by atoms with Crippen molar-refractivity contribution in [1.82, 2.24) is 10.3 Å². The molecule has 8 heteroatoms. The van der Waals surface area contributed by atoms with Crippen LogP contribution in [0.1, 0.15) is 16.8 Å². The summed E-state index contributed by atoms with van der Waals surface area (Å²) in [5.74, 6) is -0.599. The second-order valence-electron chi connectivity index (χ2n) is 5.92. The van der Waals surface area contributed by atoms with E-state index in [1.54, 1.807) is 19.1 Å². The number of hydrogen-bond acceptors (Lipinski definition) is 2. The molecule has 2 aromatic carbocycles. The van der Waals surface area contributed by atoms with Crippen LogP contribution in [-0.2, 0) is 12.7 Å². The third-order valence-corrected chi connectivity index (χ3v) is 4.07. The van der Waals surface area contributed by atoms with E-state index in [0.717, 1.165) is 12.1 Å². The Kier molecular flexibility index (Phi) is 4.98. The van der Waals surface area contributed by atoms with Crippen LogP contribution in [0.5, 0.6) is 0 Å². The summed E-state index contributed by atoms with van der Waals surface area (Å²) in [6, 6.07) is 8.17. The Morgan fingerprint density at radius 1 is 1.04 bits per heavy atom. The Morgan fingerprint density at radius 2 is 1.74 bits per heavy atom. The number of nitrogens with one attached hydrogen (secondary N) is 2. The molecule has 1 aromatic heterocycles. The minimum absolute atomic E-state index is 0.00304. The molecule has 140 valence electrons. The molecule has 2 amide bonds. The van der Waals surface area contributed by atoms with Crippen molar-refractivity contribution in [3.63, 3.8) is 0 Å². The molecule has 0 unspecified atom stereocenters. The van der Waals surface area contributed by atoms with Crippen LogP contribution >= 0.6 is 0 Å². The van der Waals surface area contributed by atoms with E-state index in [0.29, 0.717) is 22.0 Å². The number of rotatable bonds is 3. The normalized spacial score (nSPS) is 11.4. The highest BCUT2D eigenvalue weighted by molar-refractivity contribution is 6.02. The molecule has 2 N–H and O–H groups in total. The van der Waals surface area contributed by atoms with Gasteiger partial charge in [0.1, 0.15) is 5.82 Å². The van der Waals surface area contributed by atoms with Crippen LogP contribution in [0.3, 0.4) is 0 Å². The number of urea groups is 1. The lowest BCUT2D eigenvalue weighted by Crippen LogP contribution is -2.28. The molecule has 3 rings (SSSR count). The molecule has 3 aromatic rings. The summed E-state index contributed by atoms with van der Waals surface area (Å²) >= 11 is 0. The fourth-order valence-corrected chi connectivity index (χ4v) is 2.65. The van der Waals surface area contributed by atoms with Crippen molar-refractivity contribution in [2.75, 3.05) is 5.32 Å². The largest absolute Gasteiger partial charge is 0.416 e. The van der Waals surface area contributed by atoms with Gasteiger partial charge in [0.2, 0.25) is 0 Å². The molecule has 1 heterocycles. The van der Waals surface area contributed by atoms with E-state index in [-0.39, 0.29) is 12.2 Å². The molecule has 0 spiro atoms. The molecule has 0 saturated carbocycles. The van der Waals surface area contributed by atoms with Crippen LogP contribution < -0.4 is 10.6 Å². The summed E-state index contributed by atoms with van der Waals surface area (Å²) in [5.41, 5.74) is 0.428. The van der Waals surface area contributed by atoms with Gasteiger partial charge in [-0.05, 0) is 42.8 Å². The topological polar surface area (TPSA) is 54.0 Å². The summed E-state index contributed by atoms with van der Waals surface area (Å²) in [6.45, 7) is 1.77. The van der Waals surface area contributed by atoms with Gasteiger partial charge in [0, 0.05) is 29.2 Å². The summed E-state index contributed by atoms with van der Waals surface area (Å²) in [7, 11) is 0. The minimum Gasteiger partial charge on any atom is -0.334 e. The second-order valence-corrected chi connectivity index (χ2v) is 5.92. The highest BCUT2D eigenvalue weighted by Gasteiger charge is 2.29. The van der Waals surface area contributed by atoms with E-state index in [9.17, 15) is 22.4 Å². The number of halogens is 4. The Labute approximate surface area is 152 Å². The van der Waals surface area contributed by atoms with Crippen LogP contribution in [-0.4, -0.2) is 11.0 Å². The lowest BCUT2D eigenvalue weighted by molar-refractivity contribution is -0.137. The van der Waals surface area contributed by atoms with Crippen LogP contribution in [0, 0.1) is 12.7 Å². The van der Waals surface area contributed by atoms with Crippen molar-refractivity contribution < 1.29 is 22.4 Å². The van der Waals surface area contributed by atoms with Crippen molar-refractivity contribution >= 4 is 22.5 Å². The first-order valence-corrected chi connectivity index (χ1v) is 8.00. The molecule has 4 nitrogen and oxygen atoms in total. The van der Waals surface area contributed by atoms with E-state index < -0.39 is 23.6 Å². The highest BCUT2D eigenvalue weighted by Crippen LogP contribution is 2.29. The number of anilines is 1. The number of fused-ring (bicyclic) bond motifs is 1. The molecule has 0 saturated heterocycles. The Hall–Kier alpha value is -3.16. The smallest absolute Gasteiger partial charge is 0.334 e. The molecule has 0 radical (unpaired) electrons. The van der Waals surface area contributed by atoms with Crippen molar-refractivity contribution in [1.29, 1.82) is 0 Å². The van der Waals surface area contributed by atoms with Gasteiger partial charge in [-0.3, -0.25) is 4.98 Å². The van der Waals surface area contributed by atoms with Gasteiger partial charge in [0.15, 0.2) is 0 Å². The molecule has 0 aliphatic carbocycles. The van der Waals surface area contributed by atoms with Gasteiger partial charge in [-0.1, -0.05) is 12.1 Å². The predicted octanol–water partition coefficient (Wildman–Crippen LogP) is 5.02. The van der Waals surface area contributed by atoms with Crippen LogP contribution in [0.2, 0.25) is 0 Å². The number of aryl methyl sites for hydroxylation is 1. The zero-order chi connectivity index (χ0) is 19.6. The molecule has 0 fully saturated rings. The van der Waals surface area contributed by atoms with E-state index in [1.807, 2.05) is 0 Å². The molecule has 0 aliphatic rings. The fraction of sp³-hybridized carbons (Fsp3) is 0.158. The van der Waals surface area contributed by atoms with Crippen LogP contribution in [0.25, 0.3) is 10.8 Å². The third kappa shape index (κ3) is 4.16. The number of alkyl halides is 3. The molecule has 27 heavy (non-hydrogen) atoms. The van der Waals surface area contributed by atoms with Crippen LogP contribution in [0.15, 0.2) is 48.7 Å². The van der Waals surface area contributed by atoms with Crippen LogP contribution in [0.4, 0.5) is 28.0 Å². The van der Waals surface area contributed by atoms with Gasteiger partial charge in [0.25, 0.3) is 0 Å². The number of pyridine rings is 1. The highest BCUT2D eigenvalue weighted by atomic mass is 19.4. The van der Waals surface area contributed by atoms with Crippen molar-refractivity contribution in [3.8, 4) is 0 Å². The summed E-state index contributed by atoms with van der Waals surface area (Å²) in [4.78, 5) is 16.2. The number of aromatic nitrogens is 1. The number of carbonyl (C=O) groups excluding carboxylic acids is 1. The van der Waals surface area contributed by atoms with Crippen molar-refractivity contribution in [3.05, 3.63) is 71.3 Å². The summed E-state index contributed by atoms with van der Waals surface area (Å²) in [6.07, 6.45) is -2.90. The van der Waals surface area contributed by atoms with Gasteiger partial charge in [-0.2, -0.15) is 13.2 Å². The zero-order valence-corrected chi connectivity index (χ0v) is 14.2. The van der Waals surface area contributed by atoms with Gasteiger partial charge < -0.3 is 10.6 Å². The quantitative estimate of drug-likeness (QED) is 0.630. The molecule has 0 aliphatic heterocycles. The van der Waals surface area contributed by atoms with Gasteiger partial charge in [-0.25, -0.2) is 9.18 Å². The standard InChI is InChI=1S/C19H15F4N3O/c1-11-14-6-7-16(20)17(15(14)8-9-24-11)26-18(27)25-10-12-2-4-13(5-3-12)19(21,22)23/h2-9H,10H2,1H3,(H2,25,26,27). The van der Waals surface area contributed by atoms with Gasteiger partial charge in [0.05, 0.1) is 11.3 Å². The molecule has 0 bridgehead atoms. The summed E-state index contributed by atoms with van der Waals surface area (Å²) < 4.78 is 51.8. The maximum absolute atomic E-state index is 14.2. The number of amides is 2. The SMILES string of the molecule is Cc1nccc2c(NC(=O)NCc3ccc(C(F)(F)F)cc3)c(F)ccc12. The monoisotopic (exact) mass is 377 g/mol. The van der Waals surface area contributed by atoms with E-state index in [1.165, 1.54) is 24.4 Å². The number of nitrogens with zero attached hydrogens (tertiary/aromatic N) is 1. The average molecular weight is 377 g/mol. The minimum atomic E-state index is -4.41. The lowest BCUT2D eigenvalue weighted by atomic mass is 10.1. The third-order valence-electron chi connectivity index (χ3n) is 4.07. The molecular formula is C19H15F4N3O. The van der Waals surface area contributed by atoms with Crippen molar-refractivity contribution in [2.45, 2.75) is 19.6 Å². The summed E-state index contributed by atoms with van der Waals surface area (Å²) in [5, 5.41) is 6.16. The Bertz CT molecular complexity index is 985. The first-order chi connectivity index (χ1) is 12.8. The number of carbonyl (C=O) groups is 1. The van der Waals surface area contributed by atoms with Gasteiger partial charge in [-0.15, -0.1) is 0 Å². The van der Waals surface area contributed by atoms with Gasteiger partial charge >= 0.3 is 12.2 Å². The van der Waals surface area contributed by atoms with Crippen molar-refractivity contribution in [2.24, 2.45) is 0 Å². The number of benzene rings is 2. The molecule has 0 atom stereocenters. The Balaban J connectivity index is 1.71. The zero-order valence-electron chi connectivity index (χ0n) is 14.2. The first kappa shape index (κ1) is 18.6. The first-order valence-electron chi connectivity index (χ1n) is 8.00. The maximum Gasteiger partial charge on any atom is 0.416 e.